The van der Waals surface area contributed by atoms with E-state index in [1.807, 2.05) is 0 Å². The number of nitrogen functional groups attached to an aromatic ring is 1. The van der Waals surface area contributed by atoms with Crippen LogP contribution in [0.1, 0.15) is 0 Å². The average molecular weight is 289 g/mol. The molecule has 0 bridgehead atoms. The van der Waals surface area contributed by atoms with Gasteiger partial charge in [0, 0.05) is 21.8 Å². The molecule has 0 fully saturated rings. The van der Waals surface area contributed by atoms with Crippen LogP contribution in [-0.2, 0) is 10.0 Å². The highest BCUT2D eigenvalue weighted by Gasteiger charge is 2.16. The first kappa shape index (κ1) is 12.2. The predicted molar refractivity (Wildman–Crippen MR) is 71.0 cm³/mol. The Morgan fingerprint density at radius 3 is 2.41 bits per heavy atom. The minimum absolute atomic E-state index is 0.185. The summed E-state index contributed by atoms with van der Waals surface area (Å²) in [6.45, 7) is 0. The first-order chi connectivity index (χ1) is 7.97. The van der Waals surface area contributed by atoms with Crippen molar-refractivity contribution in [2.24, 2.45) is 0 Å². The van der Waals surface area contributed by atoms with Crippen LogP contribution >= 0.6 is 22.9 Å². The molecule has 2 rings (SSSR count). The number of nitrogens with one attached hydrogen (secondary N) is 1. The molecule has 0 saturated carbocycles. The van der Waals surface area contributed by atoms with E-state index in [2.05, 4.69) is 4.72 Å². The van der Waals surface area contributed by atoms with Crippen molar-refractivity contribution >= 4 is 44.3 Å². The molecule has 0 amide bonds. The van der Waals surface area contributed by atoms with Gasteiger partial charge in [0.15, 0.2) is 0 Å². The number of halogens is 1. The lowest BCUT2D eigenvalue weighted by Gasteiger charge is -2.05. The van der Waals surface area contributed by atoms with E-state index >= 15 is 0 Å². The second-order valence-corrected chi connectivity index (χ2v) is 6.57. The second kappa shape index (κ2) is 4.56. The summed E-state index contributed by atoms with van der Waals surface area (Å²) < 4.78 is 26.4. The Hall–Kier alpha value is -1.24. The van der Waals surface area contributed by atoms with Gasteiger partial charge in [0.1, 0.15) is 4.21 Å². The number of hydrogen-bond donors (Lipinski definition) is 2. The number of sulfonamides is 1. The van der Waals surface area contributed by atoms with Crippen LogP contribution in [0.5, 0.6) is 0 Å². The standard InChI is InChI=1S/C10H9ClN2O2S2/c11-7-1-3-9(4-2-7)13-17(14,15)10-5-8(12)6-16-10/h1-6,13H,12H2. The molecule has 4 nitrogen and oxygen atoms in total. The molecule has 3 N–H and O–H groups in total. The smallest absolute Gasteiger partial charge is 0.271 e. The van der Waals surface area contributed by atoms with E-state index in [1.54, 1.807) is 29.6 Å². The summed E-state index contributed by atoms with van der Waals surface area (Å²) in [6, 6.07) is 7.83. The van der Waals surface area contributed by atoms with Crippen LogP contribution in [0.3, 0.4) is 0 Å². The third-order valence-electron chi connectivity index (χ3n) is 1.96. The molecule has 1 heterocycles. The van der Waals surface area contributed by atoms with Crippen molar-refractivity contribution in [1.29, 1.82) is 0 Å². The number of nitrogens with two attached hydrogens (primary N) is 1. The molecular weight excluding hydrogens is 280 g/mol. The maximum atomic E-state index is 11.9. The first-order valence-electron chi connectivity index (χ1n) is 4.60. The van der Waals surface area contributed by atoms with Crippen molar-refractivity contribution < 1.29 is 8.42 Å². The Morgan fingerprint density at radius 1 is 1.24 bits per heavy atom. The molecule has 1 aromatic carbocycles. The van der Waals surface area contributed by atoms with Gasteiger partial charge in [0.05, 0.1) is 0 Å². The SMILES string of the molecule is Nc1csc(S(=O)(=O)Nc2ccc(Cl)cc2)c1. The quantitative estimate of drug-likeness (QED) is 0.912. The summed E-state index contributed by atoms with van der Waals surface area (Å²) in [5.41, 5.74) is 6.39. The van der Waals surface area contributed by atoms with E-state index in [0.29, 0.717) is 16.4 Å². The average Bonchev–Trinajstić information content (AvgIpc) is 2.69. The fourth-order valence-corrected chi connectivity index (χ4v) is 3.46. The van der Waals surface area contributed by atoms with Gasteiger partial charge in [-0.15, -0.1) is 11.3 Å². The summed E-state index contributed by atoms with van der Waals surface area (Å²) in [7, 11) is -3.56. The number of anilines is 2. The van der Waals surface area contributed by atoms with Gasteiger partial charge in [-0.3, -0.25) is 4.72 Å². The van der Waals surface area contributed by atoms with Crippen molar-refractivity contribution in [1.82, 2.24) is 0 Å². The van der Waals surface area contributed by atoms with Crippen LogP contribution in [0.2, 0.25) is 5.02 Å². The molecule has 0 atom stereocenters. The summed E-state index contributed by atoms with van der Waals surface area (Å²) in [4.78, 5) is 0. The minimum Gasteiger partial charge on any atom is -0.398 e. The third-order valence-corrected chi connectivity index (χ3v) is 5.05. The Balaban J connectivity index is 2.26. The Morgan fingerprint density at radius 2 is 1.88 bits per heavy atom. The summed E-state index contributed by atoms with van der Waals surface area (Å²) in [6.07, 6.45) is 0. The minimum atomic E-state index is -3.56. The van der Waals surface area contributed by atoms with E-state index in [4.69, 9.17) is 17.3 Å². The van der Waals surface area contributed by atoms with Gasteiger partial charge in [0.2, 0.25) is 0 Å². The van der Waals surface area contributed by atoms with Crippen LogP contribution in [-0.4, -0.2) is 8.42 Å². The molecule has 0 aliphatic heterocycles. The van der Waals surface area contributed by atoms with E-state index in [1.165, 1.54) is 6.07 Å². The topological polar surface area (TPSA) is 72.2 Å². The van der Waals surface area contributed by atoms with E-state index in [-0.39, 0.29) is 4.21 Å². The molecule has 0 saturated heterocycles. The van der Waals surface area contributed by atoms with Crippen LogP contribution in [0, 0.1) is 0 Å². The molecule has 0 unspecified atom stereocenters. The summed E-state index contributed by atoms with van der Waals surface area (Å²) in [5.74, 6) is 0. The lowest BCUT2D eigenvalue weighted by molar-refractivity contribution is 0.603. The second-order valence-electron chi connectivity index (χ2n) is 3.31. The van der Waals surface area contributed by atoms with Gasteiger partial charge in [-0.2, -0.15) is 0 Å². The zero-order valence-corrected chi connectivity index (χ0v) is 10.9. The van der Waals surface area contributed by atoms with Crippen molar-refractivity contribution in [2.45, 2.75) is 4.21 Å². The maximum absolute atomic E-state index is 11.9. The maximum Gasteiger partial charge on any atom is 0.271 e. The molecular formula is C10H9ClN2O2S2. The van der Waals surface area contributed by atoms with Crippen molar-refractivity contribution in [2.75, 3.05) is 10.5 Å². The Kier molecular flexibility index (Phi) is 3.28. The molecule has 1 aromatic heterocycles. The highest BCUT2D eigenvalue weighted by atomic mass is 35.5. The Bertz CT molecular complexity index is 620. The first-order valence-corrected chi connectivity index (χ1v) is 7.34. The lowest BCUT2D eigenvalue weighted by Crippen LogP contribution is -2.11. The summed E-state index contributed by atoms with van der Waals surface area (Å²) in [5, 5.41) is 2.13. The van der Waals surface area contributed by atoms with Crippen LogP contribution in [0.4, 0.5) is 11.4 Å². The van der Waals surface area contributed by atoms with E-state index in [9.17, 15) is 8.42 Å². The van der Waals surface area contributed by atoms with Crippen LogP contribution in [0.25, 0.3) is 0 Å². The summed E-state index contributed by atoms with van der Waals surface area (Å²) >= 11 is 6.79. The van der Waals surface area contributed by atoms with Gasteiger partial charge in [-0.1, -0.05) is 11.6 Å². The van der Waals surface area contributed by atoms with Crippen molar-refractivity contribution in [3.05, 3.63) is 40.7 Å². The van der Waals surface area contributed by atoms with Gasteiger partial charge in [-0.25, -0.2) is 8.42 Å². The molecule has 0 spiro atoms. The number of benzene rings is 1. The molecule has 0 aliphatic carbocycles. The van der Waals surface area contributed by atoms with Gasteiger partial charge >= 0.3 is 0 Å². The molecule has 2 aromatic rings. The number of thiophene rings is 1. The number of rotatable bonds is 3. The Labute approximate surface area is 108 Å². The molecule has 17 heavy (non-hydrogen) atoms. The normalized spacial score (nSPS) is 11.4. The van der Waals surface area contributed by atoms with Crippen LogP contribution in [0.15, 0.2) is 39.9 Å². The predicted octanol–water partition coefficient (Wildman–Crippen LogP) is 2.78. The van der Waals surface area contributed by atoms with E-state index in [0.717, 1.165) is 11.3 Å². The van der Waals surface area contributed by atoms with Crippen LogP contribution < -0.4 is 10.5 Å². The molecule has 0 radical (unpaired) electrons. The highest BCUT2D eigenvalue weighted by Crippen LogP contribution is 2.24. The monoisotopic (exact) mass is 288 g/mol. The van der Waals surface area contributed by atoms with E-state index < -0.39 is 10.0 Å². The molecule has 0 aliphatic rings. The zero-order chi connectivity index (χ0) is 12.5. The largest absolute Gasteiger partial charge is 0.398 e. The fraction of sp³-hybridized carbons (Fsp3) is 0. The van der Waals surface area contributed by atoms with Gasteiger partial charge < -0.3 is 5.73 Å². The zero-order valence-electron chi connectivity index (χ0n) is 8.55. The number of hydrogen-bond acceptors (Lipinski definition) is 4. The van der Waals surface area contributed by atoms with Crippen molar-refractivity contribution in [3.63, 3.8) is 0 Å². The molecule has 7 heteroatoms. The molecule has 90 valence electrons. The fourth-order valence-electron chi connectivity index (χ4n) is 1.19. The van der Waals surface area contributed by atoms with Gasteiger partial charge in [-0.05, 0) is 30.3 Å². The van der Waals surface area contributed by atoms with Gasteiger partial charge in [0.25, 0.3) is 10.0 Å². The lowest BCUT2D eigenvalue weighted by atomic mass is 10.3. The highest BCUT2D eigenvalue weighted by molar-refractivity contribution is 7.94. The van der Waals surface area contributed by atoms with Crippen molar-refractivity contribution in [3.8, 4) is 0 Å². The third kappa shape index (κ3) is 2.91.